The molecule has 1 aliphatic heterocycles. The Morgan fingerprint density at radius 1 is 1.05 bits per heavy atom. The van der Waals surface area contributed by atoms with Crippen molar-refractivity contribution in [1.82, 2.24) is 10.3 Å². The Morgan fingerprint density at radius 2 is 1.85 bits per heavy atom. The van der Waals surface area contributed by atoms with Crippen molar-refractivity contribution in [3.05, 3.63) is 89.4 Å². The SMILES string of the molecule is Cc1cccc2c1OCC2C(=O)Nc1cc(NC(=O)Nc2c[n+](Cc3ccccn3)no2)cc(C(F)(F)F)c1. The van der Waals surface area contributed by atoms with Gasteiger partial charge < -0.3 is 15.4 Å². The van der Waals surface area contributed by atoms with Gasteiger partial charge in [0.2, 0.25) is 17.7 Å². The molecule has 0 fully saturated rings. The third-order valence-corrected chi connectivity index (χ3v) is 5.91. The van der Waals surface area contributed by atoms with Gasteiger partial charge in [-0.05, 0) is 47.5 Å². The van der Waals surface area contributed by atoms with Crippen LogP contribution in [0.4, 0.5) is 35.2 Å². The zero-order valence-corrected chi connectivity index (χ0v) is 20.5. The molecule has 5 rings (SSSR count). The number of pyridine rings is 1. The number of para-hydroxylation sites is 1. The summed E-state index contributed by atoms with van der Waals surface area (Å²) in [6, 6.07) is 12.6. The maximum absolute atomic E-state index is 13.6. The summed E-state index contributed by atoms with van der Waals surface area (Å²) in [6.07, 6.45) is -1.71. The molecule has 39 heavy (non-hydrogen) atoms. The van der Waals surface area contributed by atoms with E-state index in [0.29, 0.717) is 17.0 Å². The summed E-state index contributed by atoms with van der Waals surface area (Å²) in [4.78, 5) is 29.6. The molecule has 2 aromatic carbocycles. The lowest BCUT2D eigenvalue weighted by atomic mass is 9.98. The highest BCUT2D eigenvalue weighted by Gasteiger charge is 2.34. The van der Waals surface area contributed by atoms with Crippen LogP contribution in [0.15, 0.2) is 71.5 Å². The topological polar surface area (TPSA) is 122 Å². The van der Waals surface area contributed by atoms with Crippen LogP contribution in [0.25, 0.3) is 0 Å². The molecule has 0 saturated heterocycles. The Hall–Kier alpha value is -4.94. The summed E-state index contributed by atoms with van der Waals surface area (Å²) in [5.74, 6) is -0.680. The molecule has 3 amide bonds. The van der Waals surface area contributed by atoms with E-state index in [0.717, 1.165) is 17.7 Å². The number of fused-ring (bicyclic) bond motifs is 1. The lowest BCUT2D eigenvalue weighted by molar-refractivity contribution is -0.755. The van der Waals surface area contributed by atoms with E-state index < -0.39 is 29.6 Å². The third kappa shape index (κ3) is 5.98. The minimum Gasteiger partial charge on any atom is -0.492 e. The third-order valence-electron chi connectivity index (χ3n) is 5.91. The molecule has 0 aliphatic carbocycles. The van der Waals surface area contributed by atoms with E-state index in [1.165, 1.54) is 16.9 Å². The Kier molecular flexibility index (Phi) is 6.88. The molecule has 0 saturated carbocycles. The first-order valence-electron chi connectivity index (χ1n) is 11.8. The molecule has 200 valence electrons. The van der Waals surface area contributed by atoms with Gasteiger partial charge in [0, 0.05) is 23.1 Å². The van der Waals surface area contributed by atoms with E-state index in [1.807, 2.05) is 19.1 Å². The number of aryl methyl sites for hydroxylation is 1. The number of nitrogens with zero attached hydrogens (tertiary/aromatic N) is 3. The van der Waals surface area contributed by atoms with E-state index >= 15 is 0 Å². The summed E-state index contributed by atoms with van der Waals surface area (Å²) < 4.78 is 52.9. The summed E-state index contributed by atoms with van der Waals surface area (Å²) in [5, 5.41) is 11.0. The summed E-state index contributed by atoms with van der Waals surface area (Å²) in [5.41, 5.74) is 0.824. The zero-order valence-electron chi connectivity index (χ0n) is 20.5. The molecule has 13 heteroatoms. The standard InChI is InChI=1S/C26H21F3N6O4/c1-15-5-4-7-20-21(14-38-23(15)20)24(36)31-18-9-16(26(27,28)29)10-19(11-18)32-25(37)33-22-13-35(34-39-22)12-17-6-2-3-8-30-17/h2-11,13,21H,12,14H2,1H3,(H2-,31,32,33,34,36,37)/p+1. The van der Waals surface area contributed by atoms with Gasteiger partial charge in [-0.1, -0.05) is 24.3 Å². The second-order valence-corrected chi connectivity index (χ2v) is 8.81. The van der Waals surface area contributed by atoms with Crippen LogP contribution in [0.2, 0.25) is 0 Å². The van der Waals surface area contributed by atoms with Crippen molar-refractivity contribution in [2.75, 3.05) is 22.6 Å². The highest BCUT2D eigenvalue weighted by atomic mass is 19.4. The number of halogens is 3. The maximum atomic E-state index is 13.6. The van der Waals surface area contributed by atoms with Gasteiger partial charge in [0.1, 0.15) is 24.0 Å². The highest BCUT2D eigenvalue weighted by Crippen LogP contribution is 2.38. The van der Waals surface area contributed by atoms with Crippen molar-refractivity contribution < 1.29 is 36.7 Å². The molecular formula is C26H22F3N6O4+. The monoisotopic (exact) mass is 539 g/mol. The van der Waals surface area contributed by atoms with Gasteiger partial charge >= 0.3 is 18.1 Å². The Balaban J connectivity index is 1.29. The van der Waals surface area contributed by atoms with Crippen LogP contribution in [0, 0.1) is 6.92 Å². The fourth-order valence-corrected chi connectivity index (χ4v) is 4.13. The molecule has 1 atom stereocenters. The van der Waals surface area contributed by atoms with Gasteiger partial charge in [-0.3, -0.25) is 19.6 Å². The molecule has 0 radical (unpaired) electrons. The maximum Gasteiger partial charge on any atom is 0.416 e. The van der Waals surface area contributed by atoms with Crippen LogP contribution in [0.3, 0.4) is 0 Å². The average Bonchev–Trinajstić information content (AvgIpc) is 3.51. The number of hydrogen-bond acceptors (Lipinski definition) is 6. The number of carbonyl (C=O) groups excluding carboxylic acids is 2. The lowest BCUT2D eigenvalue weighted by Gasteiger charge is -2.15. The van der Waals surface area contributed by atoms with Crippen LogP contribution < -0.4 is 25.4 Å². The smallest absolute Gasteiger partial charge is 0.416 e. The van der Waals surface area contributed by atoms with Gasteiger partial charge in [-0.2, -0.15) is 13.2 Å². The number of anilines is 3. The molecule has 2 aromatic heterocycles. The molecule has 1 unspecified atom stereocenters. The van der Waals surface area contributed by atoms with Crippen molar-refractivity contribution in [2.45, 2.75) is 25.6 Å². The molecular weight excluding hydrogens is 517 g/mol. The summed E-state index contributed by atoms with van der Waals surface area (Å²) in [6.45, 7) is 2.18. The molecule has 4 aromatic rings. The van der Waals surface area contributed by atoms with Crippen molar-refractivity contribution in [3.63, 3.8) is 0 Å². The fourth-order valence-electron chi connectivity index (χ4n) is 4.13. The number of hydrogen-bond donors (Lipinski definition) is 3. The zero-order chi connectivity index (χ0) is 27.6. The second kappa shape index (κ2) is 10.4. The minimum absolute atomic E-state index is 0.0425. The quantitative estimate of drug-likeness (QED) is 0.311. The number of benzene rings is 2. The fraction of sp³-hybridized carbons (Fsp3) is 0.192. The van der Waals surface area contributed by atoms with Gasteiger partial charge in [-0.15, -0.1) is 0 Å². The molecule has 3 N–H and O–H groups in total. The largest absolute Gasteiger partial charge is 0.492 e. The van der Waals surface area contributed by atoms with Crippen LogP contribution in [0.5, 0.6) is 5.75 Å². The number of aromatic nitrogens is 3. The number of alkyl halides is 3. The van der Waals surface area contributed by atoms with Crippen LogP contribution in [-0.4, -0.2) is 28.8 Å². The first kappa shape index (κ1) is 25.7. The van der Waals surface area contributed by atoms with Crippen molar-refractivity contribution in [1.29, 1.82) is 0 Å². The Morgan fingerprint density at radius 3 is 2.59 bits per heavy atom. The first-order valence-corrected chi connectivity index (χ1v) is 11.8. The number of ether oxygens (including phenoxy) is 1. The first-order chi connectivity index (χ1) is 18.7. The number of nitrogens with one attached hydrogen (secondary N) is 3. The molecule has 1 aliphatic rings. The molecule has 0 bridgehead atoms. The van der Waals surface area contributed by atoms with Crippen molar-refractivity contribution in [3.8, 4) is 5.75 Å². The highest BCUT2D eigenvalue weighted by molar-refractivity contribution is 6.00. The van der Waals surface area contributed by atoms with E-state index in [2.05, 4.69) is 26.2 Å². The number of carbonyl (C=O) groups is 2. The van der Waals surface area contributed by atoms with Gasteiger partial charge in [-0.25, -0.2) is 4.79 Å². The molecule has 3 heterocycles. The predicted molar refractivity (Wildman–Crippen MR) is 132 cm³/mol. The van der Waals surface area contributed by atoms with Crippen LogP contribution in [0.1, 0.15) is 28.3 Å². The van der Waals surface area contributed by atoms with E-state index in [9.17, 15) is 22.8 Å². The Labute approximate surface area is 219 Å². The van der Waals surface area contributed by atoms with E-state index in [1.54, 1.807) is 30.5 Å². The van der Waals surface area contributed by atoms with Gasteiger partial charge in [0.25, 0.3) is 6.20 Å². The van der Waals surface area contributed by atoms with Gasteiger partial charge in [0.15, 0.2) is 0 Å². The van der Waals surface area contributed by atoms with E-state index in [4.69, 9.17) is 9.26 Å². The van der Waals surface area contributed by atoms with E-state index in [-0.39, 0.29) is 30.4 Å². The molecule has 10 nitrogen and oxygen atoms in total. The van der Waals surface area contributed by atoms with Gasteiger partial charge in [0.05, 0.1) is 5.56 Å². The molecule has 0 spiro atoms. The van der Waals surface area contributed by atoms with Crippen molar-refractivity contribution in [2.24, 2.45) is 0 Å². The number of urea groups is 1. The normalized spacial score (nSPS) is 14.3. The number of amides is 3. The van der Waals surface area contributed by atoms with Crippen LogP contribution in [-0.2, 0) is 17.5 Å². The predicted octanol–water partition coefficient (Wildman–Crippen LogP) is 4.49. The Bertz CT molecular complexity index is 1520. The second-order valence-electron chi connectivity index (χ2n) is 8.81. The summed E-state index contributed by atoms with van der Waals surface area (Å²) in [7, 11) is 0. The van der Waals surface area contributed by atoms with Crippen LogP contribution >= 0.6 is 0 Å². The number of rotatable bonds is 6. The van der Waals surface area contributed by atoms with Crippen molar-refractivity contribution >= 4 is 29.2 Å². The average molecular weight is 539 g/mol. The minimum atomic E-state index is -4.73. The summed E-state index contributed by atoms with van der Waals surface area (Å²) >= 11 is 0. The lowest BCUT2D eigenvalue weighted by Crippen LogP contribution is -2.35.